The zero-order valence-electron chi connectivity index (χ0n) is 14.4. The maximum atomic E-state index is 11.7. The average Bonchev–Trinajstić information content (AvgIpc) is 2.62. The number of carbonyl (C=O) groups is 1. The molecule has 2 unspecified atom stereocenters. The van der Waals surface area contributed by atoms with Gasteiger partial charge in [-0.1, -0.05) is 6.07 Å². The molecule has 1 amide bonds. The predicted octanol–water partition coefficient (Wildman–Crippen LogP) is 2.94. The summed E-state index contributed by atoms with van der Waals surface area (Å²) in [5, 5.41) is 0. The largest absolute Gasteiger partial charge is 0.453 e. The average molecular weight is 334 g/mol. The molecule has 0 radical (unpaired) electrons. The molecule has 2 aliphatic rings. The van der Waals surface area contributed by atoms with Crippen LogP contribution in [0.1, 0.15) is 44.4 Å². The molecule has 24 heavy (non-hydrogen) atoms. The Morgan fingerprint density at radius 2 is 2.21 bits per heavy atom. The molecule has 3 rings (SSSR count). The Morgan fingerprint density at radius 1 is 1.42 bits per heavy atom. The fourth-order valence-electron chi connectivity index (χ4n) is 3.79. The molecular weight excluding hydrogens is 308 g/mol. The van der Waals surface area contributed by atoms with Crippen LogP contribution in [0.15, 0.2) is 24.4 Å². The third kappa shape index (κ3) is 3.70. The normalized spacial score (nSPS) is 26.3. The van der Waals surface area contributed by atoms with E-state index in [0.29, 0.717) is 19.7 Å². The van der Waals surface area contributed by atoms with E-state index in [9.17, 15) is 4.79 Å². The van der Waals surface area contributed by atoms with Crippen LogP contribution in [-0.4, -0.2) is 54.5 Å². The number of hydrogen-bond acceptors (Lipinski definition) is 5. The van der Waals surface area contributed by atoms with Crippen molar-refractivity contribution in [3.63, 3.8) is 0 Å². The van der Waals surface area contributed by atoms with Crippen LogP contribution in [0.25, 0.3) is 0 Å². The van der Waals surface area contributed by atoms with Gasteiger partial charge in [-0.05, 0) is 31.9 Å². The third-order valence-corrected chi connectivity index (χ3v) is 5.00. The third-order valence-electron chi connectivity index (χ3n) is 5.00. The van der Waals surface area contributed by atoms with E-state index in [1.165, 1.54) is 7.11 Å². The maximum Gasteiger partial charge on any atom is 0.409 e. The van der Waals surface area contributed by atoms with Gasteiger partial charge < -0.3 is 19.1 Å². The molecular formula is C18H26N2O4. The molecule has 2 fully saturated rings. The van der Waals surface area contributed by atoms with Gasteiger partial charge in [-0.2, -0.15) is 0 Å². The molecule has 2 aliphatic heterocycles. The Hall–Kier alpha value is -1.66. The highest BCUT2D eigenvalue weighted by Gasteiger charge is 2.45. The Bertz CT molecular complexity index is 543. The van der Waals surface area contributed by atoms with E-state index in [2.05, 4.69) is 4.98 Å². The molecule has 2 atom stereocenters. The van der Waals surface area contributed by atoms with E-state index in [4.69, 9.17) is 14.2 Å². The van der Waals surface area contributed by atoms with Crippen LogP contribution in [0.2, 0.25) is 0 Å². The summed E-state index contributed by atoms with van der Waals surface area (Å²) in [6.45, 7) is 4.03. The summed E-state index contributed by atoms with van der Waals surface area (Å²) in [6.07, 6.45) is 4.95. The van der Waals surface area contributed by atoms with Crippen LogP contribution < -0.4 is 0 Å². The van der Waals surface area contributed by atoms with Crippen molar-refractivity contribution in [2.24, 2.45) is 0 Å². The molecule has 0 aromatic carbocycles. The molecule has 0 N–H and O–H groups in total. The maximum absolute atomic E-state index is 11.7. The zero-order valence-corrected chi connectivity index (χ0v) is 14.4. The quantitative estimate of drug-likeness (QED) is 0.850. The minimum Gasteiger partial charge on any atom is -0.453 e. The fraction of sp³-hybridized carbons (Fsp3) is 0.667. The molecule has 0 saturated carbocycles. The zero-order chi connectivity index (χ0) is 17.0. The van der Waals surface area contributed by atoms with Crippen LogP contribution in [0.3, 0.4) is 0 Å². The predicted molar refractivity (Wildman–Crippen MR) is 88.7 cm³/mol. The van der Waals surface area contributed by atoms with Crippen molar-refractivity contribution in [3.05, 3.63) is 30.1 Å². The number of methoxy groups -OCH3 is 1. The van der Waals surface area contributed by atoms with Crippen molar-refractivity contribution in [1.29, 1.82) is 0 Å². The summed E-state index contributed by atoms with van der Waals surface area (Å²) in [7, 11) is 1.42. The Labute approximate surface area is 143 Å². The monoisotopic (exact) mass is 334 g/mol. The van der Waals surface area contributed by atoms with E-state index in [1.54, 1.807) is 11.1 Å². The number of nitrogens with zero attached hydrogens (tertiary/aromatic N) is 2. The first kappa shape index (κ1) is 17.2. The summed E-state index contributed by atoms with van der Waals surface area (Å²) in [5.74, 6) is 0. The van der Waals surface area contributed by atoms with Crippen LogP contribution in [-0.2, 0) is 14.2 Å². The van der Waals surface area contributed by atoms with Gasteiger partial charge in [0.15, 0.2) is 0 Å². The van der Waals surface area contributed by atoms with Crippen molar-refractivity contribution in [3.8, 4) is 0 Å². The van der Waals surface area contributed by atoms with Gasteiger partial charge in [-0.25, -0.2) is 4.79 Å². The molecule has 132 valence electrons. The van der Waals surface area contributed by atoms with Crippen LogP contribution in [0.5, 0.6) is 0 Å². The van der Waals surface area contributed by atoms with Crippen LogP contribution >= 0.6 is 0 Å². The number of likely N-dealkylation sites (tertiary alicyclic amines) is 1. The van der Waals surface area contributed by atoms with Gasteiger partial charge in [-0.3, -0.25) is 4.98 Å². The number of amides is 1. The van der Waals surface area contributed by atoms with Gasteiger partial charge >= 0.3 is 6.09 Å². The first-order valence-electron chi connectivity index (χ1n) is 8.69. The van der Waals surface area contributed by atoms with Gasteiger partial charge in [0.2, 0.25) is 0 Å². The highest BCUT2D eigenvalue weighted by Crippen LogP contribution is 2.43. The fourth-order valence-corrected chi connectivity index (χ4v) is 3.79. The van der Waals surface area contributed by atoms with Crippen molar-refractivity contribution in [2.75, 3.05) is 26.8 Å². The molecule has 1 aromatic heterocycles. The van der Waals surface area contributed by atoms with Gasteiger partial charge in [0, 0.05) is 38.7 Å². The molecule has 6 heteroatoms. The minimum absolute atomic E-state index is 0.0545. The van der Waals surface area contributed by atoms with E-state index in [0.717, 1.165) is 31.4 Å². The number of ether oxygens (including phenoxy) is 3. The lowest BCUT2D eigenvalue weighted by Crippen LogP contribution is -2.52. The van der Waals surface area contributed by atoms with E-state index < -0.39 is 0 Å². The van der Waals surface area contributed by atoms with E-state index in [1.807, 2.05) is 25.1 Å². The second-order valence-electron chi connectivity index (χ2n) is 6.52. The number of pyridine rings is 1. The molecule has 0 bridgehead atoms. The first-order valence-corrected chi connectivity index (χ1v) is 8.69. The molecule has 3 heterocycles. The van der Waals surface area contributed by atoms with Crippen molar-refractivity contribution in [2.45, 2.75) is 50.4 Å². The highest BCUT2D eigenvalue weighted by molar-refractivity contribution is 5.67. The number of aromatic nitrogens is 1. The summed E-state index contributed by atoms with van der Waals surface area (Å²) in [5.41, 5.74) is 0.710. The van der Waals surface area contributed by atoms with Crippen molar-refractivity contribution >= 4 is 6.09 Å². The van der Waals surface area contributed by atoms with Gasteiger partial charge in [-0.15, -0.1) is 0 Å². The highest BCUT2D eigenvalue weighted by atomic mass is 16.5. The standard InChI is InChI=1S/C18H26N2O4/c1-3-23-14-12-16(15-6-4-5-9-19-15)24-18(13-14)7-10-20(11-8-18)17(21)22-2/h4-6,9,14,16H,3,7-8,10-13H2,1-2H3. The second-order valence-corrected chi connectivity index (χ2v) is 6.52. The summed E-state index contributed by atoms with van der Waals surface area (Å²) >= 11 is 0. The van der Waals surface area contributed by atoms with E-state index >= 15 is 0 Å². The minimum atomic E-state index is -0.261. The Kier molecular flexibility index (Phi) is 5.36. The van der Waals surface area contributed by atoms with Crippen molar-refractivity contribution in [1.82, 2.24) is 9.88 Å². The van der Waals surface area contributed by atoms with Gasteiger partial charge in [0.1, 0.15) is 6.10 Å². The molecule has 1 spiro atoms. The smallest absolute Gasteiger partial charge is 0.409 e. The Balaban J connectivity index is 1.73. The van der Waals surface area contributed by atoms with Crippen LogP contribution in [0, 0.1) is 0 Å². The number of rotatable bonds is 3. The van der Waals surface area contributed by atoms with Gasteiger partial charge in [0.25, 0.3) is 0 Å². The summed E-state index contributed by atoms with van der Waals surface area (Å²) < 4.78 is 17.3. The SMILES string of the molecule is CCOC1CC(c2ccccn2)OC2(CCN(C(=O)OC)CC2)C1. The lowest BCUT2D eigenvalue weighted by molar-refractivity contribution is -0.192. The molecule has 0 aliphatic carbocycles. The number of piperidine rings is 1. The second kappa shape index (κ2) is 7.49. The lowest BCUT2D eigenvalue weighted by atomic mass is 9.81. The lowest BCUT2D eigenvalue weighted by Gasteiger charge is -2.48. The van der Waals surface area contributed by atoms with Crippen molar-refractivity contribution < 1.29 is 19.0 Å². The topological polar surface area (TPSA) is 60.9 Å². The van der Waals surface area contributed by atoms with E-state index in [-0.39, 0.29) is 23.9 Å². The Morgan fingerprint density at radius 3 is 2.83 bits per heavy atom. The number of hydrogen-bond donors (Lipinski definition) is 0. The number of carbonyl (C=O) groups excluding carboxylic acids is 1. The van der Waals surface area contributed by atoms with Crippen LogP contribution in [0.4, 0.5) is 4.79 Å². The first-order chi connectivity index (χ1) is 11.7. The molecule has 1 aromatic rings. The summed E-state index contributed by atoms with van der Waals surface area (Å²) in [4.78, 5) is 17.9. The molecule has 6 nitrogen and oxygen atoms in total. The molecule has 2 saturated heterocycles. The summed E-state index contributed by atoms with van der Waals surface area (Å²) in [6, 6.07) is 5.91. The van der Waals surface area contributed by atoms with Gasteiger partial charge in [0.05, 0.1) is 24.5 Å².